The fourth-order valence-corrected chi connectivity index (χ4v) is 4.01. The minimum atomic E-state index is -0.532. The number of nitrogens with one attached hydrogen (secondary N) is 1. The maximum atomic E-state index is 13.3. The van der Waals surface area contributed by atoms with E-state index in [9.17, 15) is 14.4 Å². The van der Waals surface area contributed by atoms with Crippen LogP contribution >= 0.6 is 0 Å². The normalized spacial score (nSPS) is 16.1. The minimum Gasteiger partial charge on any atom is -0.376 e. The molecule has 1 N–H and O–H groups in total. The molecule has 2 heterocycles. The number of benzene rings is 2. The molecule has 1 atom stereocenters. The maximum Gasteiger partial charge on any atom is 0.336 e. The molecule has 1 aliphatic rings. The standard InChI is InChI=1S/C23H25N3O4/c1-15-10-16(2)12-17(11-15)26-22(28)19-7-3-4-8-20(19)25(23(26)29)14-21(27)24-13-18-6-5-9-30-18/h3-4,7-8,10-12,18H,5-6,9,13-14H2,1-2H3,(H,24,27)/t18-/m1/s1. The van der Waals surface area contributed by atoms with Crippen LogP contribution in [0.5, 0.6) is 0 Å². The molecule has 2 aromatic carbocycles. The Labute approximate surface area is 173 Å². The van der Waals surface area contributed by atoms with Crippen LogP contribution in [-0.2, 0) is 16.1 Å². The molecule has 7 heteroatoms. The third-order valence-electron chi connectivity index (χ3n) is 5.37. The fourth-order valence-electron chi connectivity index (χ4n) is 4.01. The summed E-state index contributed by atoms with van der Waals surface area (Å²) >= 11 is 0. The maximum absolute atomic E-state index is 13.3. The van der Waals surface area contributed by atoms with Crippen LogP contribution in [0.2, 0.25) is 0 Å². The van der Waals surface area contributed by atoms with Crippen molar-refractivity contribution in [2.24, 2.45) is 0 Å². The van der Waals surface area contributed by atoms with E-state index >= 15 is 0 Å². The van der Waals surface area contributed by atoms with Gasteiger partial charge in [0.05, 0.1) is 22.7 Å². The zero-order chi connectivity index (χ0) is 21.3. The lowest BCUT2D eigenvalue weighted by molar-refractivity contribution is -0.122. The number of carbonyl (C=O) groups excluding carboxylic acids is 1. The quantitative estimate of drug-likeness (QED) is 0.702. The Hall–Kier alpha value is -3.19. The van der Waals surface area contributed by atoms with Crippen molar-refractivity contribution in [3.8, 4) is 5.69 Å². The third-order valence-corrected chi connectivity index (χ3v) is 5.37. The molecule has 1 saturated heterocycles. The number of rotatable bonds is 5. The highest BCUT2D eigenvalue weighted by molar-refractivity contribution is 5.82. The van der Waals surface area contributed by atoms with Gasteiger partial charge in [0, 0.05) is 13.2 Å². The number of fused-ring (bicyclic) bond motifs is 1. The summed E-state index contributed by atoms with van der Waals surface area (Å²) in [6, 6.07) is 12.4. The molecule has 1 amide bonds. The number of carbonyl (C=O) groups is 1. The molecule has 156 valence electrons. The summed E-state index contributed by atoms with van der Waals surface area (Å²) in [5.74, 6) is -0.289. The second kappa shape index (κ2) is 8.28. The van der Waals surface area contributed by atoms with Crippen molar-refractivity contribution in [3.63, 3.8) is 0 Å². The van der Waals surface area contributed by atoms with Gasteiger partial charge < -0.3 is 10.1 Å². The monoisotopic (exact) mass is 407 g/mol. The first-order chi connectivity index (χ1) is 14.4. The number of para-hydroxylation sites is 1. The Kier molecular flexibility index (Phi) is 5.55. The summed E-state index contributed by atoms with van der Waals surface area (Å²) in [4.78, 5) is 39.1. The van der Waals surface area contributed by atoms with E-state index < -0.39 is 11.2 Å². The molecule has 1 fully saturated rings. The lowest BCUT2D eigenvalue weighted by atomic mass is 10.1. The van der Waals surface area contributed by atoms with Crippen molar-refractivity contribution < 1.29 is 9.53 Å². The van der Waals surface area contributed by atoms with Crippen LogP contribution < -0.4 is 16.6 Å². The zero-order valence-corrected chi connectivity index (χ0v) is 17.2. The van der Waals surface area contributed by atoms with Gasteiger partial charge in [0.15, 0.2) is 0 Å². The smallest absolute Gasteiger partial charge is 0.336 e. The third kappa shape index (κ3) is 3.93. The highest BCUT2D eigenvalue weighted by atomic mass is 16.5. The van der Waals surface area contributed by atoms with E-state index in [0.29, 0.717) is 29.7 Å². The highest BCUT2D eigenvalue weighted by Crippen LogP contribution is 2.14. The van der Waals surface area contributed by atoms with Gasteiger partial charge in [-0.3, -0.25) is 14.2 Å². The predicted molar refractivity (Wildman–Crippen MR) is 115 cm³/mol. The van der Waals surface area contributed by atoms with Gasteiger partial charge in [-0.1, -0.05) is 18.2 Å². The van der Waals surface area contributed by atoms with E-state index in [1.54, 1.807) is 36.4 Å². The van der Waals surface area contributed by atoms with Gasteiger partial charge in [-0.2, -0.15) is 0 Å². The van der Waals surface area contributed by atoms with Gasteiger partial charge in [0.2, 0.25) is 5.91 Å². The second-order valence-electron chi connectivity index (χ2n) is 7.81. The van der Waals surface area contributed by atoms with Crippen LogP contribution in [0, 0.1) is 13.8 Å². The van der Waals surface area contributed by atoms with Crippen molar-refractivity contribution in [3.05, 3.63) is 74.4 Å². The van der Waals surface area contributed by atoms with E-state index in [-0.39, 0.29) is 18.6 Å². The van der Waals surface area contributed by atoms with E-state index in [4.69, 9.17) is 4.74 Å². The van der Waals surface area contributed by atoms with Crippen molar-refractivity contribution >= 4 is 16.8 Å². The van der Waals surface area contributed by atoms with Crippen LogP contribution in [0.3, 0.4) is 0 Å². The first kappa shape index (κ1) is 20.1. The van der Waals surface area contributed by atoms with Gasteiger partial charge in [-0.25, -0.2) is 9.36 Å². The van der Waals surface area contributed by atoms with Crippen LogP contribution in [-0.4, -0.2) is 34.3 Å². The van der Waals surface area contributed by atoms with E-state index in [1.165, 1.54) is 4.57 Å². The number of amides is 1. The molecule has 0 radical (unpaired) electrons. The minimum absolute atomic E-state index is 0.0200. The molecule has 0 spiro atoms. The van der Waals surface area contributed by atoms with Crippen LogP contribution in [0.4, 0.5) is 0 Å². The second-order valence-corrected chi connectivity index (χ2v) is 7.81. The molecule has 0 unspecified atom stereocenters. The van der Waals surface area contributed by atoms with Crippen LogP contribution in [0.25, 0.3) is 16.6 Å². The van der Waals surface area contributed by atoms with E-state index in [2.05, 4.69) is 5.32 Å². The van der Waals surface area contributed by atoms with Gasteiger partial charge >= 0.3 is 5.69 Å². The Morgan fingerprint density at radius 3 is 2.57 bits per heavy atom. The summed E-state index contributed by atoms with van der Waals surface area (Å²) in [5.41, 5.74) is 1.92. The molecule has 4 rings (SSSR count). The summed E-state index contributed by atoms with van der Waals surface area (Å²) in [7, 11) is 0. The molecular formula is C23H25N3O4. The lowest BCUT2D eigenvalue weighted by Crippen LogP contribution is -2.42. The SMILES string of the molecule is Cc1cc(C)cc(-n2c(=O)c3ccccc3n(CC(=O)NC[C@H]3CCCO3)c2=O)c1. The molecular weight excluding hydrogens is 382 g/mol. The van der Waals surface area contributed by atoms with E-state index in [0.717, 1.165) is 28.5 Å². The Morgan fingerprint density at radius 1 is 1.13 bits per heavy atom. The van der Waals surface area contributed by atoms with Gasteiger partial charge in [-0.05, 0) is 62.1 Å². The predicted octanol–water partition coefficient (Wildman–Crippen LogP) is 2.06. The number of hydrogen-bond acceptors (Lipinski definition) is 4. The topological polar surface area (TPSA) is 82.3 Å². The zero-order valence-electron chi connectivity index (χ0n) is 17.2. The van der Waals surface area contributed by atoms with Gasteiger partial charge in [0.1, 0.15) is 6.54 Å². The number of nitrogens with zero attached hydrogens (tertiary/aromatic N) is 2. The first-order valence-electron chi connectivity index (χ1n) is 10.2. The van der Waals surface area contributed by atoms with Gasteiger partial charge in [0.25, 0.3) is 5.56 Å². The highest BCUT2D eigenvalue weighted by Gasteiger charge is 2.19. The van der Waals surface area contributed by atoms with Crippen molar-refractivity contribution in [1.82, 2.24) is 14.5 Å². The van der Waals surface area contributed by atoms with Crippen LogP contribution in [0.1, 0.15) is 24.0 Å². The largest absolute Gasteiger partial charge is 0.376 e. The lowest BCUT2D eigenvalue weighted by Gasteiger charge is -2.16. The number of aromatic nitrogens is 2. The fraction of sp³-hybridized carbons (Fsp3) is 0.348. The van der Waals surface area contributed by atoms with Crippen molar-refractivity contribution in [2.75, 3.05) is 13.2 Å². The van der Waals surface area contributed by atoms with E-state index in [1.807, 2.05) is 19.9 Å². The molecule has 1 aliphatic heterocycles. The number of hydrogen-bond donors (Lipinski definition) is 1. The van der Waals surface area contributed by atoms with Crippen LogP contribution in [0.15, 0.2) is 52.1 Å². The Balaban J connectivity index is 1.77. The first-order valence-corrected chi connectivity index (χ1v) is 10.2. The molecule has 30 heavy (non-hydrogen) atoms. The van der Waals surface area contributed by atoms with Crippen molar-refractivity contribution in [2.45, 2.75) is 39.3 Å². The molecule has 0 saturated carbocycles. The molecule has 0 bridgehead atoms. The average Bonchev–Trinajstić information content (AvgIpc) is 3.23. The Bertz CT molecular complexity index is 1200. The summed E-state index contributed by atoms with van der Waals surface area (Å²) in [6.07, 6.45) is 1.93. The summed E-state index contributed by atoms with van der Waals surface area (Å²) < 4.78 is 8.04. The number of aryl methyl sites for hydroxylation is 2. The summed E-state index contributed by atoms with van der Waals surface area (Å²) in [5, 5.41) is 3.24. The molecule has 0 aliphatic carbocycles. The Morgan fingerprint density at radius 2 is 1.87 bits per heavy atom. The summed E-state index contributed by atoms with van der Waals surface area (Å²) in [6.45, 7) is 4.80. The number of ether oxygens (including phenoxy) is 1. The van der Waals surface area contributed by atoms with Crippen molar-refractivity contribution in [1.29, 1.82) is 0 Å². The molecule has 7 nitrogen and oxygen atoms in total. The average molecular weight is 407 g/mol. The van der Waals surface area contributed by atoms with Gasteiger partial charge in [-0.15, -0.1) is 0 Å². The molecule has 3 aromatic rings. The molecule has 1 aromatic heterocycles.